The lowest BCUT2D eigenvalue weighted by Gasteiger charge is -2.24. The fraction of sp³-hybridized carbons (Fsp3) is 0.182. The minimum absolute atomic E-state index is 0.120. The summed E-state index contributed by atoms with van der Waals surface area (Å²) in [5, 5.41) is 0. The van der Waals surface area contributed by atoms with Crippen molar-refractivity contribution in [2.75, 3.05) is 11.3 Å². The number of sulfonamides is 1. The van der Waals surface area contributed by atoms with Crippen LogP contribution in [0.25, 0.3) is 11.1 Å². The summed E-state index contributed by atoms with van der Waals surface area (Å²) in [5.41, 5.74) is -3.99. The molecule has 172 valence electrons. The number of nitrogens with one attached hydrogen (secondary N) is 1. The lowest BCUT2D eigenvalue weighted by molar-refractivity contribution is -0.0429. The van der Waals surface area contributed by atoms with E-state index in [4.69, 9.17) is 4.74 Å². The lowest BCUT2D eigenvalue weighted by atomic mass is 9.90. The number of alkyl halides is 3. The van der Waals surface area contributed by atoms with Crippen LogP contribution in [-0.2, 0) is 16.4 Å². The average Bonchev–Trinajstić information content (AvgIpc) is 2.76. The summed E-state index contributed by atoms with van der Waals surface area (Å²) in [4.78, 5) is 17.2. The number of nitrogens with zero attached hydrogens (tertiary/aromatic N) is 1. The molecule has 11 heteroatoms. The molecule has 1 aliphatic rings. The summed E-state index contributed by atoms with van der Waals surface area (Å²) in [5.74, 6) is -0.271. The largest absolute Gasteiger partial charge is 0.516 e. The number of ether oxygens (including phenoxy) is 1. The van der Waals surface area contributed by atoms with E-state index >= 15 is 0 Å². The van der Waals surface area contributed by atoms with Gasteiger partial charge in [0.25, 0.3) is 0 Å². The molecule has 1 N–H and O–H groups in total. The molecule has 1 unspecified atom stereocenters. The highest BCUT2D eigenvalue weighted by atomic mass is 79.9. The predicted octanol–water partition coefficient (Wildman–Crippen LogP) is 5.21. The molecule has 3 aromatic rings. The van der Waals surface area contributed by atoms with Crippen LogP contribution in [-0.4, -0.2) is 31.3 Å². The first-order chi connectivity index (χ1) is 15.5. The van der Waals surface area contributed by atoms with E-state index in [0.29, 0.717) is 17.5 Å². The van der Waals surface area contributed by atoms with Crippen LogP contribution in [0.1, 0.15) is 16.1 Å². The fourth-order valence-electron chi connectivity index (χ4n) is 3.46. The number of Topliss-reactive ketones (excluding diaryl/α,β-unsaturated/α-hetero) is 1. The average molecular weight is 541 g/mol. The normalized spacial score (nSPS) is 16.1. The number of fused-ring (bicyclic) bond motifs is 1. The quantitative estimate of drug-likeness (QED) is 0.480. The summed E-state index contributed by atoms with van der Waals surface area (Å²) in [6, 6.07) is 13.9. The minimum Gasteiger partial charge on any atom is -0.492 e. The van der Waals surface area contributed by atoms with Crippen molar-refractivity contribution in [3.8, 4) is 16.9 Å². The van der Waals surface area contributed by atoms with E-state index in [1.165, 1.54) is 30.3 Å². The van der Waals surface area contributed by atoms with Crippen LogP contribution in [0, 0.1) is 5.92 Å². The smallest absolute Gasteiger partial charge is 0.492 e. The highest BCUT2D eigenvalue weighted by Crippen LogP contribution is 2.37. The van der Waals surface area contributed by atoms with E-state index < -0.39 is 21.4 Å². The maximum atomic E-state index is 13.0. The van der Waals surface area contributed by atoms with Gasteiger partial charge in [-0.25, -0.2) is 0 Å². The molecule has 1 aromatic heterocycles. The van der Waals surface area contributed by atoms with Crippen molar-refractivity contribution >= 4 is 37.4 Å². The number of anilines is 1. The Morgan fingerprint density at radius 2 is 1.85 bits per heavy atom. The monoisotopic (exact) mass is 540 g/mol. The second-order valence-corrected chi connectivity index (χ2v) is 9.94. The Kier molecular flexibility index (Phi) is 6.19. The third-order valence-corrected chi connectivity index (χ3v) is 6.66. The van der Waals surface area contributed by atoms with Gasteiger partial charge in [-0.15, -0.1) is 0 Å². The Hall–Kier alpha value is -2.92. The second-order valence-electron chi connectivity index (χ2n) is 7.35. The molecular formula is C22H16BrF3N2O4S. The Morgan fingerprint density at radius 1 is 1.09 bits per heavy atom. The van der Waals surface area contributed by atoms with E-state index in [0.717, 1.165) is 10.2 Å². The molecule has 1 atom stereocenters. The van der Waals surface area contributed by atoms with Gasteiger partial charge in [-0.05, 0) is 51.8 Å². The van der Waals surface area contributed by atoms with Crippen molar-refractivity contribution in [1.82, 2.24) is 4.98 Å². The number of carbonyl (C=O) groups is 1. The highest BCUT2D eigenvalue weighted by Gasteiger charge is 2.46. The van der Waals surface area contributed by atoms with Gasteiger partial charge in [0.15, 0.2) is 5.78 Å². The van der Waals surface area contributed by atoms with Crippen LogP contribution in [0.2, 0.25) is 0 Å². The first kappa shape index (κ1) is 23.2. The number of hydrogen-bond donors (Lipinski definition) is 1. The molecule has 4 rings (SSSR count). The summed E-state index contributed by atoms with van der Waals surface area (Å²) >= 11 is 3.31. The first-order valence-electron chi connectivity index (χ1n) is 9.65. The van der Waals surface area contributed by atoms with Crippen molar-refractivity contribution in [2.24, 2.45) is 5.92 Å². The third kappa shape index (κ3) is 4.88. The molecule has 6 nitrogen and oxygen atoms in total. The molecule has 0 saturated heterocycles. The number of benzene rings is 2. The van der Waals surface area contributed by atoms with Crippen LogP contribution < -0.4 is 9.46 Å². The Labute approximate surface area is 196 Å². The first-order valence-corrected chi connectivity index (χ1v) is 11.9. The van der Waals surface area contributed by atoms with E-state index in [-0.39, 0.29) is 29.4 Å². The molecule has 0 radical (unpaired) electrons. The number of aromatic nitrogens is 1. The second kappa shape index (κ2) is 8.79. The molecule has 0 amide bonds. The molecule has 0 spiro atoms. The number of hydrogen-bond acceptors (Lipinski definition) is 5. The van der Waals surface area contributed by atoms with Crippen molar-refractivity contribution in [3.63, 3.8) is 0 Å². The van der Waals surface area contributed by atoms with Crippen LogP contribution in [0.3, 0.4) is 0 Å². The number of pyridine rings is 1. The number of carbonyl (C=O) groups excluding carboxylic acids is 1. The maximum absolute atomic E-state index is 13.0. The molecular weight excluding hydrogens is 525 g/mol. The maximum Gasteiger partial charge on any atom is 0.516 e. The van der Waals surface area contributed by atoms with E-state index in [1.54, 1.807) is 23.1 Å². The number of ketones is 1. The van der Waals surface area contributed by atoms with Crippen molar-refractivity contribution in [3.05, 3.63) is 76.5 Å². The zero-order chi connectivity index (χ0) is 23.8. The van der Waals surface area contributed by atoms with Gasteiger partial charge >= 0.3 is 15.5 Å². The van der Waals surface area contributed by atoms with E-state index in [2.05, 4.69) is 20.9 Å². The number of para-hydroxylation sites is 1. The van der Waals surface area contributed by atoms with Gasteiger partial charge < -0.3 is 4.74 Å². The van der Waals surface area contributed by atoms with Crippen molar-refractivity contribution < 1.29 is 31.1 Å². The summed E-state index contributed by atoms with van der Waals surface area (Å²) in [7, 11) is -5.59. The molecule has 0 fully saturated rings. The van der Waals surface area contributed by atoms with Crippen molar-refractivity contribution in [2.45, 2.75) is 11.9 Å². The topological polar surface area (TPSA) is 85.4 Å². The van der Waals surface area contributed by atoms with Gasteiger partial charge in [-0.2, -0.15) is 21.6 Å². The van der Waals surface area contributed by atoms with Crippen LogP contribution >= 0.6 is 15.9 Å². The predicted molar refractivity (Wildman–Crippen MR) is 119 cm³/mol. The SMILES string of the molecule is O=C1c2ccc(-c3ccccc3NS(=O)(=O)C(F)(F)F)cc2OCC1Cc1ccc(Br)cn1. The van der Waals surface area contributed by atoms with Crippen LogP contribution in [0.4, 0.5) is 18.9 Å². The Morgan fingerprint density at radius 3 is 2.55 bits per heavy atom. The lowest BCUT2D eigenvalue weighted by Crippen LogP contribution is -2.30. The number of rotatable bonds is 5. The van der Waals surface area contributed by atoms with Gasteiger partial charge in [0, 0.05) is 28.3 Å². The third-order valence-electron chi connectivity index (χ3n) is 5.09. The van der Waals surface area contributed by atoms with Gasteiger partial charge in [0.2, 0.25) is 0 Å². The van der Waals surface area contributed by atoms with Gasteiger partial charge in [-0.1, -0.05) is 24.3 Å². The van der Waals surface area contributed by atoms with Crippen LogP contribution in [0.5, 0.6) is 5.75 Å². The molecule has 0 bridgehead atoms. The van der Waals surface area contributed by atoms with Gasteiger partial charge in [0.1, 0.15) is 5.75 Å². The molecule has 0 saturated carbocycles. The Balaban J connectivity index is 1.61. The molecule has 2 heterocycles. The molecule has 2 aromatic carbocycles. The number of halogens is 4. The van der Waals surface area contributed by atoms with Crippen LogP contribution in [0.15, 0.2) is 65.3 Å². The van der Waals surface area contributed by atoms with E-state index in [9.17, 15) is 26.4 Å². The standard InChI is InChI=1S/C22H16BrF3N2O4S/c23-15-6-7-16(27-11-15)9-14-12-32-20-10-13(5-8-18(20)21(14)29)17-3-1-2-4-19(17)28-33(30,31)22(24,25)26/h1-8,10-11,14,28H,9,12H2. The summed E-state index contributed by atoms with van der Waals surface area (Å²) in [6.07, 6.45) is 2.05. The Bertz CT molecular complexity index is 1310. The minimum atomic E-state index is -5.59. The van der Waals surface area contributed by atoms with Gasteiger partial charge in [-0.3, -0.25) is 14.5 Å². The van der Waals surface area contributed by atoms with Crippen molar-refractivity contribution in [1.29, 1.82) is 0 Å². The molecule has 33 heavy (non-hydrogen) atoms. The van der Waals surface area contributed by atoms with E-state index in [1.807, 2.05) is 12.1 Å². The summed E-state index contributed by atoms with van der Waals surface area (Å²) in [6.45, 7) is 0.120. The molecule has 1 aliphatic heterocycles. The summed E-state index contributed by atoms with van der Waals surface area (Å²) < 4.78 is 69.8. The zero-order valence-corrected chi connectivity index (χ0v) is 19.2. The zero-order valence-electron chi connectivity index (χ0n) is 16.8. The highest BCUT2D eigenvalue weighted by molar-refractivity contribution is 9.10. The molecule has 0 aliphatic carbocycles. The fourth-order valence-corrected chi connectivity index (χ4v) is 4.27. The van der Waals surface area contributed by atoms with Gasteiger partial charge in [0.05, 0.1) is 23.8 Å².